The summed E-state index contributed by atoms with van der Waals surface area (Å²) >= 11 is 1.42. The Morgan fingerprint density at radius 1 is 1.14 bits per heavy atom. The van der Waals surface area contributed by atoms with Gasteiger partial charge in [0.25, 0.3) is 5.91 Å². The molecule has 1 aliphatic carbocycles. The van der Waals surface area contributed by atoms with Crippen LogP contribution in [0.2, 0.25) is 0 Å². The third-order valence-corrected chi connectivity index (χ3v) is 6.51. The molecular weight excluding hydrogens is 386 g/mol. The van der Waals surface area contributed by atoms with Gasteiger partial charge >= 0.3 is 0 Å². The lowest BCUT2D eigenvalue weighted by atomic mass is 10.0. The maximum Gasteiger partial charge on any atom is 0.264 e. The van der Waals surface area contributed by atoms with Crippen molar-refractivity contribution in [2.24, 2.45) is 0 Å². The topological polar surface area (TPSA) is 71.5 Å². The molecule has 3 heterocycles. The molecule has 0 bridgehead atoms. The SMILES string of the molecule is O=C(NCc1ccc(OC2CCCC2)nc1)C1CCCCN1C(=O)c1cccs1. The van der Waals surface area contributed by atoms with Gasteiger partial charge in [0.05, 0.1) is 4.88 Å². The first-order valence-corrected chi connectivity index (χ1v) is 11.3. The standard InChI is InChI=1S/C22H27N3O3S/c26-21(18-8-3-4-12-25(18)22(27)19-9-5-13-29-19)24-15-16-10-11-20(23-14-16)28-17-6-1-2-7-17/h5,9-11,13-14,17-18H,1-4,6-8,12,15H2,(H,24,26). The van der Waals surface area contributed by atoms with Gasteiger partial charge in [0.2, 0.25) is 11.8 Å². The second-order valence-electron chi connectivity index (χ2n) is 7.73. The molecule has 2 fully saturated rings. The smallest absolute Gasteiger partial charge is 0.264 e. The van der Waals surface area contributed by atoms with Gasteiger partial charge < -0.3 is 15.0 Å². The molecule has 2 aromatic rings. The monoisotopic (exact) mass is 413 g/mol. The minimum atomic E-state index is -0.406. The minimum Gasteiger partial charge on any atom is -0.474 e. The Bertz CT molecular complexity index is 816. The van der Waals surface area contributed by atoms with Crippen molar-refractivity contribution in [1.82, 2.24) is 15.2 Å². The van der Waals surface area contributed by atoms with Gasteiger partial charge in [0.1, 0.15) is 12.1 Å². The summed E-state index contributed by atoms with van der Waals surface area (Å²) in [6, 6.07) is 7.08. The van der Waals surface area contributed by atoms with E-state index in [1.807, 2.05) is 29.6 Å². The first-order chi connectivity index (χ1) is 14.2. The zero-order valence-electron chi connectivity index (χ0n) is 16.5. The van der Waals surface area contributed by atoms with Crippen molar-refractivity contribution in [3.8, 4) is 5.88 Å². The van der Waals surface area contributed by atoms with E-state index in [0.29, 0.717) is 30.3 Å². The van der Waals surface area contributed by atoms with Crippen LogP contribution in [0.1, 0.15) is 60.2 Å². The van der Waals surface area contributed by atoms with Crippen molar-refractivity contribution in [1.29, 1.82) is 0 Å². The summed E-state index contributed by atoms with van der Waals surface area (Å²) in [6.07, 6.45) is 9.28. The maximum atomic E-state index is 12.8. The molecule has 0 radical (unpaired) electrons. The molecule has 1 N–H and O–H groups in total. The van der Waals surface area contributed by atoms with Gasteiger partial charge in [-0.2, -0.15) is 0 Å². The van der Waals surface area contributed by atoms with E-state index in [4.69, 9.17) is 4.74 Å². The summed E-state index contributed by atoms with van der Waals surface area (Å²) in [6.45, 7) is 1.02. The van der Waals surface area contributed by atoms with E-state index < -0.39 is 6.04 Å². The van der Waals surface area contributed by atoms with Crippen molar-refractivity contribution in [3.05, 3.63) is 46.3 Å². The van der Waals surface area contributed by atoms with Crippen LogP contribution >= 0.6 is 11.3 Å². The number of rotatable bonds is 6. The van der Waals surface area contributed by atoms with E-state index in [0.717, 1.165) is 31.2 Å². The molecular formula is C22H27N3O3S. The summed E-state index contributed by atoms with van der Waals surface area (Å²) < 4.78 is 5.89. The lowest BCUT2D eigenvalue weighted by Gasteiger charge is -2.34. The number of likely N-dealkylation sites (tertiary alicyclic amines) is 1. The zero-order valence-corrected chi connectivity index (χ0v) is 17.3. The molecule has 154 valence electrons. The number of nitrogens with one attached hydrogen (secondary N) is 1. The number of aromatic nitrogens is 1. The molecule has 6 nitrogen and oxygen atoms in total. The Balaban J connectivity index is 1.32. The molecule has 2 amide bonds. The molecule has 4 rings (SSSR count). The number of hydrogen-bond acceptors (Lipinski definition) is 5. The number of piperidine rings is 1. The molecule has 1 aliphatic heterocycles. The van der Waals surface area contributed by atoms with Crippen LogP contribution in [0.3, 0.4) is 0 Å². The normalized spacial score (nSPS) is 19.9. The van der Waals surface area contributed by atoms with E-state index in [9.17, 15) is 9.59 Å². The average molecular weight is 414 g/mol. The number of carbonyl (C=O) groups excluding carboxylic acids is 2. The predicted molar refractivity (Wildman–Crippen MR) is 112 cm³/mol. The van der Waals surface area contributed by atoms with E-state index in [1.165, 1.54) is 24.2 Å². The van der Waals surface area contributed by atoms with E-state index in [1.54, 1.807) is 11.1 Å². The fraction of sp³-hybridized carbons (Fsp3) is 0.500. The van der Waals surface area contributed by atoms with E-state index in [-0.39, 0.29) is 17.9 Å². The van der Waals surface area contributed by atoms with Crippen LogP contribution < -0.4 is 10.1 Å². The summed E-state index contributed by atoms with van der Waals surface area (Å²) in [7, 11) is 0. The maximum absolute atomic E-state index is 12.8. The van der Waals surface area contributed by atoms with E-state index >= 15 is 0 Å². The average Bonchev–Trinajstić information content (AvgIpc) is 3.47. The lowest BCUT2D eigenvalue weighted by molar-refractivity contribution is -0.126. The van der Waals surface area contributed by atoms with Crippen LogP contribution in [-0.4, -0.2) is 40.4 Å². The largest absolute Gasteiger partial charge is 0.474 e. The van der Waals surface area contributed by atoms with Gasteiger partial charge in [-0.1, -0.05) is 12.1 Å². The molecule has 7 heteroatoms. The second kappa shape index (κ2) is 9.39. The van der Waals surface area contributed by atoms with Crippen molar-refractivity contribution < 1.29 is 14.3 Å². The number of ether oxygens (including phenoxy) is 1. The molecule has 0 spiro atoms. The predicted octanol–water partition coefficient (Wildman–Crippen LogP) is 3.78. The fourth-order valence-electron chi connectivity index (χ4n) is 4.06. The second-order valence-corrected chi connectivity index (χ2v) is 8.68. The quantitative estimate of drug-likeness (QED) is 0.782. The van der Waals surface area contributed by atoms with Crippen LogP contribution in [0.4, 0.5) is 0 Å². The van der Waals surface area contributed by atoms with Gasteiger partial charge in [0.15, 0.2) is 0 Å². The van der Waals surface area contributed by atoms with Gasteiger partial charge in [-0.3, -0.25) is 9.59 Å². The van der Waals surface area contributed by atoms with Gasteiger partial charge in [-0.05, 0) is 62.0 Å². The Labute approximate surface area is 175 Å². The van der Waals surface area contributed by atoms with Crippen LogP contribution in [0, 0.1) is 0 Å². The highest BCUT2D eigenvalue weighted by molar-refractivity contribution is 7.12. The number of nitrogens with zero attached hydrogens (tertiary/aromatic N) is 2. The molecule has 1 saturated carbocycles. The zero-order chi connectivity index (χ0) is 20.1. The Morgan fingerprint density at radius 2 is 1.97 bits per heavy atom. The van der Waals surface area contributed by atoms with Crippen LogP contribution in [0.5, 0.6) is 5.88 Å². The number of pyridine rings is 1. The highest BCUT2D eigenvalue weighted by atomic mass is 32.1. The Morgan fingerprint density at radius 3 is 2.69 bits per heavy atom. The number of thiophene rings is 1. The summed E-state index contributed by atoms with van der Waals surface area (Å²) in [5.74, 6) is 0.503. The molecule has 0 aromatic carbocycles. The van der Waals surface area contributed by atoms with Gasteiger partial charge in [-0.15, -0.1) is 11.3 Å². The van der Waals surface area contributed by atoms with Crippen LogP contribution in [0.25, 0.3) is 0 Å². The minimum absolute atomic E-state index is 0.0464. The number of amides is 2. The van der Waals surface area contributed by atoms with E-state index in [2.05, 4.69) is 10.3 Å². The van der Waals surface area contributed by atoms with Crippen molar-refractivity contribution >= 4 is 23.2 Å². The van der Waals surface area contributed by atoms with Gasteiger partial charge in [0, 0.05) is 25.4 Å². The Kier molecular flexibility index (Phi) is 6.44. The molecule has 29 heavy (non-hydrogen) atoms. The first kappa shape index (κ1) is 19.9. The van der Waals surface area contributed by atoms with Crippen molar-refractivity contribution in [2.75, 3.05) is 6.54 Å². The molecule has 2 aliphatic rings. The summed E-state index contributed by atoms with van der Waals surface area (Å²) in [4.78, 5) is 32.4. The number of carbonyl (C=O) groups is 2. The lowest BCUT2D eigenvalue weighted by Crippen LogP contribution is -2.51. The van der Waals surface area contributed by atoms with Gasteiger partial charge in [-0.25, -0.2) is 4.98 Å². The third-order valence-electron chi connectivity index (χ3n) is 5.65. The molecule has 1 unspecified atom stereocenters. The molecule has 1 atom stereocenters. The summed E-state index contributed by atoms with van der Waals surface area (Å²) in [5, 5.41) is 4.87. The summed E-state index contributed by atoms with van der Waals surface area (Å²) in [5.41, 5.74) is 0.920. The van der Waals surface area contributed by atoms with Crippen LogP contribution in [0.15, 0.2) is 35.8 Å². The highest BCUT2D eigenvalue weighted by Gasteiger charge is 2.32. The van der Waals surface area contributed by atoms with Crippen molar-refractivity contribution in [3.63, 3.8) is 0 Å². The van der Waals surface area contributed by atoms with Crippen molar-refractivity contribution in [2.45, 2.75) is 63.6 Å². The molecule has 2 aromatic heterocycles. The Hall–Kier alpha value is -2.41. The van der Waals surface area contributed by atoms with Crippen LogP contribution in [-0.2, 0) is 11.3 Å². The fourth-order valence-corrected chi connectivity index (χ4v) is 4.74. The number of hydrogen-bond donors (Lipinski definition) is 1. The first-order valence-electron chi connectivity index (χ1n) is 10.4. The molecule has 1 saturated heterocycles. The highest BCUT2D eigenvalue weighted by Crippen LogP contribution is 2.24. The third kappa shape index (κ3) is 4.96.